The highest BCUT2D eigenvalue weighted by Crippen LogP contribution is 2.41. The fourth-order valence-electron chi connectivity index (χ4n) is 3.48. The minimum atomic E-state index is -2.99. The Kier molecular flexibility index (Phi) is 8.14. The van der Waals surface area contributed by atoms with Gasteiger partial charge in [0, 0.05) is 17.0 Å². The minimum Gasteiger partial charge on any atom is -0.465 e. The summed E-state index contributed by atoms with van der Waals surface area (Å²) in [5.74, 6) is -4.16. The van der Waals surface area contributed by atoms with Crippen LogP contribution in [-0.4, -0.2) is 31.4 Å². The van der Waals surface area contributed by atoms with Gasteiger partial charge < -0.3 is 10.1 Å². The molecule has 7 heteroatoms. The number of carbonyl (C=O) groups is 1. The Labute approximate surface area is 185 Å². The van der Waals surface area contributed by atoms with Crippen LogP contribution in [0.25, 0.3) is 0 Å². The van der Waals surface area contributed by atoms with Gasteiger partial charge in [0.1, 0.15) is 0 Å². The number of alkyl halides is 2. The molecular formula is C23H26ClF2NO2S. The maximum Gasteiger partial charge on any atom is 0.314 e. The summed E-state index contributed by atoms with van der Waals surface area (Å²) in [6.45, 7) is 3.53. The van der Waals surface area contributed by atoms with Crippen molar-refractivity contribution in [3.63, 3.8) is 0 Å². The molecule has 1 aliphatic rings. The average Bonchev–Trinajstić information content (AvgIpc) is 2.96. The molecule has 0 spiro atoms. The van der Waals surface area contributed by atoms with E-state index in [2.05, 4.69) is 5.32 Å². The van der Waals surface area contributed by atoms with Gasteiger partial charge in [0.2, 0.25) is 0 Å². The van der Waals surface area contributed by atoms with Gasteiger partial charge in [0.25, 0.3) is 5.92 Å². The monoisotopic (exact) mass is 453 g/mol. The molecule has 0 radical (unpaired) electrons. The molecule has 1 heterocycles. The Bertz CT molecular complexity index is 864. The molecule has 3 rings (SSSR count). The SMILES string of the molecule is CCCCOC(=O)C1CNCCc2c1ccc(Cl)c2SCC(F)(F)c1ccccc1. The van der Waals surface area contributed by atoms with Crippen molar-refractivity contribution in [3.8, 4) is 0 Å². The minimum absolute atomic E-state index is 0.0188. The highest BCUT2D eigenvalue weighted by molar-refractivity contribution is 7.99. The number of carbonyl (C=O) groups excluding carboxylic acids is 1. The number of rotatable bonds is 8. The smallest absolute Gasteiger partial charge is 0.314 e. The molecular weight excluding hydrogens is 428 g/mol. The van der Waals surface area contributed by atoms with Gasteiger partial charge >= 0.3 is 5.97 Å². The van der Waals surface area contributed by atoms with Crippen molar-refractivity contribution < 1.29 is 18.3 Å². The van der Waals surface area contributed by atoms with E-state index in [1.165, 1.54) is 12.1 Å². The molecule has 0 saturated heterocycles. The number of ether oxygens (including phenoxy) is 1. The number of hydrogen-bond acceptors (Lipinski definition) is 4. The molecule has 1 N–H and O–H groups in total. The fraction of sp³-hybridized carbons (Fsp3) is 0.435. The number of unbranched alkanes of at least 4 members (excludes halogenated alkanes) is 1. The molecule has 0 bridgehead atoms. The summed E-state index contributed by atoms with van der Waals surface area (Å²) in [6.07, 6.45) is 2.38. The number of esters is 1. The Morgan fingerprint density at radius 1 is 1.27 bits per heavy atom. The van der Waals surface area contributed by atoms with Crippen LogP contribution in [0.5, 0.6) is 0 Å². The van der Waals surface area contributed by atoms with E-state index >= 15 is 0 Å². The van der Waals surface area contributed by atoms with Crippen LogP contribution in [0.4, 0.5) is 8.78 Å². The van der Waals surface area contributed by atoms with Crippen LogP contribution >= 0.6 is 23.4 Å². The third kappa shape index (κ3) is 5.54. The van der Waals surface area contributed by atoms with Gasteiger partial charge in [0.05, 0.1) is 23.3 Å². The fourth-order valence-corrected chi connectivity index (χ4v) is 4.91. The van der Waals surface area contributed by atoms with E-state index in [9.17, 15) is 13.6 Å². The van der Waals surface area contributed by atoms with E-state index in [4.69, 9.17) is 16.3 Å². The lowest BCUT2D eigenvalue weighted by Gasteiger charge is -2.21. The zero-order chi connectivity index (χ0) is 21.6. The van der Waals surface area contributed by atoms with Crippen molar-refractivity contribution in [1.82, 2.24) is 5.32 Å². The Hall–Kier alpha value is -1.63. The first-order valence-electron chi connectivity index (χ1n) is 10.2. The molecule has 0 amide bonds. The van der Waals surface area contributed by atoms with E-state index < -0.39 is 17.6 Å². The van der Waals surface area contributed by atoms with E-state index in [1.54, 1.807) is 24.3 Å². The zero-order valence-electron chi connectivity index (χ0n) is 16.9. The van der Waals surface area contributed by atoms with E-state index in [-0.39, 0.29) is 11.5 Å². The van der Waals surface area contributed by atoms with Crippen LogP contribution in [0.15, 0.2) is 47.4 Å². The van der Waals surface area contributed by atoms with Gasteiger partial charge in [-0.3, -0.25) is 4.79 Å². The third-order valence-corrected chi connectivity index (χ3v) is 6.83. The Morgan fingerprint density at radius 2 is 2.03 bits per heavy atom. The predicted molar refractivity (Wildman–Crippen MR) is 118 cm³/mol. The summed E-state index contributed by atoms with van der Waals surface area (Å²) in [6, 6.07) is 11.3. The van der Waals surface area contributed by atoms with Crippen molar-refractivity contribution in [2.24, 2.45) is 0 Å². The number of hydrogen-bond donors (Lipinski definition) is 1. The molecule has 1 unspecified atom stereocenters. The van der Waals surface area contributed by atoms with Crippen molar-refractivity contribution in [1.29, 1.82) is 0 Å². The summed E-state index contributed by atoms with van der Waals surface area (Å²) in [7, 11) is 0. The highest BCUT2D eigenvalue weighted by atomic mass is 35.5. The normalized spacial score (nSPS) is 16.6. The molecule has 2 aromatic carbocycles. The van der Waals surface area contributed by atoms with Crippen LogP contribution in [-0.2, 0) is 21.9 Å². The summed E-state index contributed by atoms with van der Waals surface area (Å²) in [4.78, 5) is 13.3. The van der Waals surface area contributed by atoms with E-state index in [1.807, 2.05) is 13.0 Å². The lowest BCUT2D eigenvalue weighted by molar-refractivity contribution is -0.145. The maximum absolute atomic E-state index is 14.7. The van der Waals surface area contributed by atoms with Crippen LogP contribution in [0.1, 0.15) is 42.4 Å². The molecule has 1 aliphatic heterocycles. The van der Waals surface area contributed by atoms with Crippen LogP contribution in [0, 0.1) is 0 Å². The van der Waals surface area contributed by atoms with E-state index in [0.29, 0.717) is 36.0 Å². The van der Waals surface area contributed by atoms with Gasteiger partial charge in [-0.05, 0) is 36.6 Å². The number of nitrogens with one attached hydrogen (secondary N) is 1. The summed E-state index contributed by atoms with van der Waals surface area (Å²) in [5.41, 5.74) is 1.66. The van der Waals surface area contributed by atoms with Gasteiger partial charge in [-0.25, -0.2) is 8.78 Å². The van der Waals surface area contributed by atoms with Crippen molar-refractivity contribution >= 4 is 29.3 Å². The number of fused-ring (bicyclic) bond motifs is 1. The van der Waals surface area contributed by atoms with Gasteiger partial charge in [-0.1, -0.05) is 61.3 Å². The zero-order valence-corrected chi connectivity index (χ0v) is 18.5. The molecule has 0 aliphatic carbocycles. The Balaban J connectivity index is 1.84. The number of halogens is 3. The van der Waals surface area contributed by atoms with Crippen LogP contribution in [0.3, 0.4) is 0 Å². The quantitative estimate of drug-likeness (QED) is 0.311. The number of thioether (sulfide) groups is 1. The third-order valence-electron chi connectivity index (χ3n) is 5.14. The lowest BCUT2D eigenvalue weighted by Crippen LogP contribution is -2.27. The summed E-state index contributed by atoms with van der Waals surface area (Å²) >= 11 is 7.46. The first kappa shape index (κ1) is 23.0. The van der Waals surface area contributed by atoms with Gasteiger partial charge in [-0.15, -0.1) is 11.8 Å². The molecule has 0 aromatic heterocycles. The van der Waals surface area contributed by atoms with Crippen LogP contribution in [0.2, 0.25) is 5.02 Å². The predicted octanol–water partition coefficient (Wildman–Crippen LogP) is 5.80. The first-order chi connectivity index (χ1) is 14.4. The maximum atomic E-state index is 14.7. The topological polar surface area (TPSA) is 38.3 Å². The second kappa shape index (κ2) is 10.6. The molecule has 0 fully saturated rings. The van der Waals surface area contributed by atoms with Gasteiger partial charge in [-0.2, -0.15) is 0 Å². The molecule has 3 nitrogen and oxygen atoms in total. The number of benzene rings is 2. The standard InChI is InChI=1S/C23H26ClF2NO2S/c1-2-3-13-29-22(28)19-14-27-12-11-18-17(19)9-10-20(24)21(18)30-15-23(25,26)16-7-5-4-6-8-16/h4-10,19,27H,2-3,11-15H2,1H3. The second-order valence-electron chi connectivity index (χ2n) is 7.33. The van der Waals surface area contributed by atoms with E-state index in [0.717, 1.165) is 35.7 Å². The molecule has 0 saturated carbocycles. The average molecular weight is 454 g/mol. The summed E-state index contributed by atoms with van der Waals surface area (Å²) in [5, 5.41) is 3.69. The largest absolute Gasteiger partial charge is 0.465 e. The highest BCUT2D eigenvalue weighted by Gasteiger charge is 2.33. The molecule has 1 atom stereocenters. The first-order valence-corrected chi connectivity index (χ1v) is 11.5. The lowest BCUT2D eigenvalue weighted by atomic mass is 9.94. The second-order valence-corrected chi connectivity index (χ2v) is 8.72. The van der Waals surface area contributed by atoms with Crippen LogP contribution < -0.4 is 5.32 Å². The molecule has 30 heavy (non-hydrogen) atoms. The summed E-state index contributed by atoms with van der Waals surface area (Å²) < 4.78 is 34.9. The van der Waals surface area contributed by atoms with Crippen molar-refractivity contribution in [3.05, 3.63) is 64.2 Å². The van der Waals surface area contributed by atoms with Crippen molar-refractivity contribution in [2.75, 3.05) is 25.4 Å². The Morgan fingerprint density at radius 3 is 2.77 bits per heavy atom. The molecule has 2 aromatic rings. The van der Waals surface area contributed by atoms with Gasteiger partial charge in [0.15, 0.2) is 0 Å². The molecule has 162 valence electrons. The van der Waals surface area contributed by atoms with Crippen molar-refractivity contribution in [2.45, 2.75) is 42.9 Å².